The number of fused-ring (bicyclic) bond motifs is 2. The molecule has 2 unspecified atom stereocenters. The number of nitrogens with zero attached hydrogens (tertiary/aromatic N) is 1. The molecule has 0 aromatic heterocycles. The zero-order valence-electron chi connectivity index (χ0n) is 8.52. The normalized spacial score (nSPS) is 28.4. The average Bonchev–Trinajstić information content (AvgIpc) is 2.28. The molecule has 3 saturated heterocycles. The molecule has 0 spiro atoms. The van der Waals surface area contributed by atoms with Crippen molar-refractivity contribution in [1.82, 2.24) is 5.32 Å². The van der Waals surface area contributed by atoms with Gasteiger partial charge in [-0.15, -0.1) is 0 Å². The molecule has 2 bridgehead atoms. The molecule has 3 aliphatic heterocycles. The van der Waals surface area contributed by atoms with Crippen LogP contribution in [0.3, 0.4) is 0 Å². The lowest BCUT2D eigenvalue weighted by atomic mass is 9.90. The van der Waals surface area contributed by atoms with Crippen molar-refractivity contribution in [3.8, 4) is 0 Å². The summed E-state index contributed by atoms with van der Waals surface area (Å²) in [4.78, 5) is 13.2. The number of nitrogens with one attached hydrogen (secondary N) is 1. The van der Waals surface area contributed by atoms with E-state index in [-0.39, 0.29) is 0 Å². The zero-order chi connectivity index (χ0) is 10.3. The molecule has 1 N–H and O–H groups in total. The summed E-state index contributed by atoms with van der Waals surface area (Å²) in [6, 6.07) is 9.09. The van der Waals surface area contributed by atoms with Crippen molar-refractivity contribution >= 4 is 12.0 Å². The molecule has 0 radical (unpaired) electrons. The van der Waals surface area contributed by atoms with E-state index in [4.69, 9.17) is 0 Å². The van der Waals surface area contributed by atoms with E-state index in [0.717, 1.165) is 30.6 Å². The third kappa shape index (κ3) is 1.43. The lowest BCUT2D eigenvalue weighted by Gasteiger charge is -2.49. The number of rotatable bonds is 2. The average molecular weight is 202 g/mol. The first-order valence-electron chi connectivity index (χ1n) is 5.42. The number of aldehydes is 1. The molecular formula is C12H14N2O. The summed E-state index contributed by atoms with van der Waals surface area (Å²) >= 11 is 0. The maximum absolute atomic E-state index is 10.9. The van der Waals surface area contributed by atoms with Crippen LogP contribution < -0.4 is 10.2 Å². The lowest BCUT2D eigenvalue weighted by Crippen LogP contribution is -2.67. The van der Waals surface area contributed by atoms with E-state index in [1.807, 2.05) is 24.3 Å². The van der Waals surface area contributed by atoms with Crippen LogP contribution in [0, 0.1) is 0 Å². The van der Waals surface area contributed by atoms with Crippen LogP contribution in [-0.4, -0.2) is 31.5 Å². The van der Waals surface area contributed by atoms with E-state index in [0.29, 0.717) is 12.1 Å². The minimum Gasteiger partial charge on any atom is -0.368 e. The quantitative estimate of drug-likeness (QED) is 0.727. The summed E-state index contributed by atoms with van der Waals surface area (Å²) in [5.41, 5.74) is 1.89. The smallest absolute Gasteiger partial charge is 0.152 e. The second-order valence-electron chi connectivity index (χ2n) is 4.38. The molecule has 1 aromatic carbocycles. The third-order valence-corrected chi connectivity index (χ3v) is 3.33. The van der Waals surface area contributed by atoms with E-state index in [1.165, 1.54) is 6.42 Å². The van der Waals surface area contributed by atoms with Gasteiger partial charge in [-0.2, -0.15) is 0 Å². The monoisotopic (exact) mass is 202 g/mol. The van der Waals surface area contributed by atoms with E-state index < -0.39 is 0 Å². The van der Waals surface area contributed by atoms with Gasteiger partial charge in [0.2, 0.25) is 0 Å². The number of hydrogen-bond donors (Lipinski definition) is 1. The van der Waals surface area contributed by atoms with Crippen LogP contribution in [0.2, 0.25) is 0 Å². The Bertz CT molecular complexity index is 375. The molecule has 3 heteroatoms. The van der Waals surface area contributed by atoms with Crippen LogP contribution in [0.4, 0.5) is 5.69 Å². The van der Waals surface area contributed by atoms with Crippen molar-refractivity contribution < 1.29 is 4.79 Å². The highest BCUT2D eigenvalue weighted by Gasteiger charge is 2.36. The minimum absolute atomic E-state index is 0.628. The minimum atomic E-state index is 0.628. The van der Waals surface area contributed by atoms with Crippen LogP contribution in [0.5, 0.6) is 0 Å². The Morgan fingerprint density at radius 3 is 2.60 bits per heavy atom. The maximum Gasteiger partial charge on any atom is 0.152 e. The molecule has 1 aromatic rings. The lowest BCUT2D eigenvalue weighted by molar-refractivity contribution is 0.112. The number of hydrogen-bond acceptors (Lipinski definition) is 3. The first-order valence-corrected chi connectivity index (χ1v) is 5.42. The van der Waals surface area contributed by atoms with Crippen molar-refractivity contribution in [2.24, 2.45) is 0 Å². The Labute approximate surface area is 89.1 Å². The highest BCUT2D eigenvalue weighted by Crippen LogP contribution is 2.27. The fraction of sp³-hybridized carbons (Fsp3) is 0.417. The molecule has 3 fully saturated rings. The van der Waals surface area contributed by atoms with Gasteiger partial charge >= 0.3 is 0 Å². The molecule has 0 saturated carbocycles. The van der Waals surface area contributed by atoms with Gasteiger partial charge in [-0.25, -0.2) is 0 Å². The summed E-state index contributed by atoms with van der Waals surface area (Å²) in [6.07, 6.45) is 2.24. The van der Waals surface area contributed by atoms with Gasteiger partial charge in [0, 0.05) is 36.4 Å². The number of carbonyl (C=O) groups is 1. The highest BCUT2D eigenvalue weighted by molar-refractivity contribution is 5.84. The molecule has 0 amide bonds. The number of anilines is 1. The van der Waals surface area contributed by atoms with Crippen molar-refractivity contribution in [3.05, 3.63) is 29.8 Å². The largest absolute Gasteiger partial charge is 0.368 e. The fourth-order valence-electron chi connectivity index (χ4n) is 2.59. The first-order chi connectivity index (χ1) is 7.36. The predicted molar refractivity (Wildman–Crippen MR) is 59.4 cm³/mol. The van der Waals surface area contributed by atoms with Gasteiger partial charge in [-0.05, 0) is 18.6 Å². The molecule has 2 atom stereocenters. The van der Waals surface area contributed by atoms with Gasteiger partial charge in [0.1, 0.15) is 0 Å². The molecular weight excluding hydrogens is 188 g/mol. The first kappa shape index (κ1) is 8.92. The summed E-state index contributed by atoms with van der Waals surface area (Å²) in [5.74, 6) is 0. The summed E-state index contributed by atoms with van der Waals surface area (Å²) in [6.45, 7) is 2.06. The van der Waals surface area contributed by atoms with Gasteiger partial charge in [0.05, 0.1) is 0 Å². The summed E-state index contributed by atoms with van der Waals surface area (Å²) in [5, 5.41) is 3.49. The van der Waals surface area contributed by atoms with Crippen molar-refractivity contribution in [1.29, 1.82) is 0 Å². The molecule has 4 rings (SSSR count). The Hall–Kier alpha value is -1.35. The Morgan fingerprint density at radius 1 is 1.27 bits per heavy atom. The van der Waals surface area contributed by atoms with Crippen LogP contribution in [-0.2, 0) is 0 Å². The van der Waals surface area contributed by atoms with Crippen molar-refractivity contribution in [2.45, 2.75) is 18.5 Å². The number of carbonyl (C=O) groups excluding carboxylic acids is 1. The van der Waals surface area contributed by atoms with Crippen LogP contribution in [0.25, 0.3) is 0 Å². The van der Waals surface area contributed by atoms with Crippen LogP contribution in [0.15, 0.2) is 24.3 Å². The summed E-state index contributed by atoms with van der Waals surface area (Å²) < 4.78 is 0. The fourth-order valence-corrected chi connectivity index (χ4v) is 2.59. The van der Waals surface area contributed by atoms with Crippen LogP contribution >= 0.6 is 0 Å². The van der Waals surface area contributed by atoms with Gasteiger partial charge < -0.3 is 10.2 Å². The number of para-hydroxylation sites is 1. The van der Waals surface area contributed by atoms with E-state index in [1.54, 1.807) is 0 Å². The van der Waals surface area contributed by atoms with E-state index >= 15 is 0 Å². The van der Waals surface area contributed by atoms with Gasteiger partial charge in [-0.3, -0.25) is 4.79 Å². The van der Waals surface area contributed by atoms with E-state index in [2.05, 4.69) is 10.2 Å². The SMILES string of the molecule is O=Cc1ccccc1N1CC2CC(C1)N2. The van der Waals surface area contributed by atoms with Gasteiger partial charge in [0.15, 0.2) is 6.29 Å². The topological polar surface area (TPSA) is 32.3 Å². The van der Waals surface area contributed by atoms with Crippen molar-refractivity contribution in [3.63, 3.8) is 0 Å². The third-order valence-electron chi connectivity index (χ3n) is 3.33. The highest BCUT2D eigenvalue weighted by atomic mass is 16.1. The van der Waals surface area contributed by atoms with Crippen molar-refractivity contribution in [2.75, 3.05) is 18.0 Å². The standard InChI is InChI=1S/C12H14N2O/c15-8-9-3-1-2-4-12(9)14-6-10-5-11(7-14)13-10/h1-4,8,10-11,13H,5-7H2. The molecule has 3 heterocycles. The second kappa shape index (κ2) is 3.35. The Balaban J connectivity index is 1.88. The Morgan fingerprint density at radius 2 is 1.93 bits per heavy atom. The maximum atomic E-state index is 10.9. The predicted octanol–water partition coefficient (Wildman–Crippen LogP) is 1.05. The van der Waals surface area contributed by atoms with Gasteiger partial charge in [-0.1, -0.05) is 12.1 Å². The number of benzene rings is 1. The summed E-state index contributed by atoms with van der Waals surface area (Å²) in [7, 11) is 0. The molecule has 3 aliphatic rings. The second-order valence-corrected chi connectivity index (χ2v) is 4.38. The number of piperidine rings is 1. The molecule has 78 valence electrons. The van der Waals surface area contributed by atoms with E-state index in [9.17, 15) is 4.79 Å². The molecule has 0 aliphatic carbocycles. The molecule has 15 heavy (non-hydrogen) atoms. The van der Waals surface area contributed by atoms with Gasteiger partial charge in [0.25, 0.3) is 0 Å². The number of piperazine rings is 1. The Kier molecular flexibility index (Phi) is 1.99. The zero-order valence-corrected chi connectivity index (χ0v) is 8.52. The van der Waals surface area contributed by atoms with Crippen LogP contribution in [0.1, 0.15) is 16.8 Å². The molecule has 3 nitrogen and oxygen atoms in total.